The summed E-state index contributed by atoms with van der Waals surface area (Å²) in [6, 6.07) is 4.40. The lowest BCUT2D eigenvalue weighted by Crippen LogP contribution is -2.35. The maximum Gasteiger partial charge on any atom is 0.325 e. The van der Waals surface area contributed by atoms with Gasteiger partial charge in [-0.2, -0.15) is 0 Å². The lowest BCUT2D eigenvalue weighted by atomic mass is 10.1. The maximum atomic E-state index is 11.4. The molecule has 98 valence electrons. The van der Waals surface area contributed by atoms with Crippen molar-refractivity contribution in [3.05, 3.63) is 33.8 Å². The Kier molecular flexibility index (Phi) is 4.49. The summed E-state index contributed by atoms with van der Waals surface area (Å²) in [5, 5.41) is 13.4. The van der Waals surface area contributed by atoms with Crippen LogP contribution in [0.15, 0.2) is 18.2 Å². The van der Waals surface area contributed by atoms with Crippen molar-refractivity contribution >= 4 is 29.2 Å². The second-order valence-corrected chi connectivity index (χ2v) is 5.43. The fourth-order valence-electron chi connectivity index (χ4n) is 2.36. The van der Waals surface area contributed by atoms with E-state index < -0.39 is 12.0 Å². The van der Waals surface area contributed by atoms with Crippen molar-refractivity contribution < 1.29 is 9.90 Å². The topological polar surface area (TPSA) is 49.3 Å². The molecule has 5 heteroatoms. The number of rotatable bonds is 4. The molecule has 2 rings (SSSR count). The molecule has 1 aromatic rings. The molecule has 1 fully saturated rings. The Labute approximate surface area is 116 Å². The number of hydrogen-bond donors (Lipinski definition) is 2. The zero-order chi connectivity index (χ0) is 13.1. The third-order valence-electron chi connectivity index (χ3n) is 3.28. The maximum absolute atomic E-state index is 11.4. The van der Waals surface area contributed by atoms with E-state index >= 15 is 0 Å². The van der Waals surface area contributed by atoms with Crippen molar-refractivity contribution in [1.82, 2.24) is 5.32 Å². The van der Waals surface area contributed by atoms with E-state index in [-0.39, 0.29) is 6.04 Å². The first-order valence-corrected chi connectivity index (χ1v) is 6.77. The monoisotopic (exact) mass is 287 g/mol. The SMILES string of the molecule is O=C(O)C(NC1CCCC1)c1ccc(Cl)cc1Cl. The molecule has 18 heavy (non-hydrogen) atoms. The van der Waals surface area contributed by atoms with Crippen LogP contribution in [0.3, 0.4) is 0 Å². The minimum Gasteiger partial charge on any atom is -0.480 e. The first kappa shape index (κ1) is 13.7. The second-order valence-electron chi connectivity index (χ2n) is 4.59. The lowest BCUT2D eigenvalue weighted by Gasteiger charge is -2.20. The molecule has 0 saturated heterocycles. The highest BCUT2D eigenvalue weighted by molar-refractivity contribution is 6.35. The Hall–Kier alpha value is -0.770. The molecule has 0 aromatic heterocycles. The molecular weight excluding hydrogens is 273 g/mol. The van der Waals surface area contributed by atoms with E-state index in [1.165, 1.54) is 0 Å². The third-order valence-corrected chi connectivity index (χ3v) is 3.84. The summed E-state index contributed by atoms with van der Waals surface area (Å²) >= 11 is 11.9. The normalized spacial score (nSPS) is 17.9. The summed E-state index contributed by atoms with van der Waals surface area (Å²) in [7, 11) is 0. The van der Waals surface area contributed by atoms with Crippen LogP contribution in [0.4, 0.5) is 0 Å². The van der Waals surface area contributed by atoms with Crippen molar-refractivity contribution in [2.45, 2.75) is 37.8 Å². The van der Waals surface area contributed by atoms with Gasteiger partial charge >= 0.3 is 5.97 Å². The number of carboxylic acid groups (broad SMARTS) is 1. The molecule has 2 N–H and O–H groups in total. The summed E-state index contributed by atoms with van der Waals surface area (Å²) in [5.74, 6) is -0.911. The molecule has 1 aliphatic carbocycles. The van der Waals surface area contributed by atoms with Gasteiger partial charge in [0.1, 0.15) is 6.04 Å². The lowest BCUT2D eigenvalue weighted by molar-refractivity contribution is -0.139. The van der Waals surface area contributed by atoms with Gasteiger partial charge in [-0.15, -0.1) is 0 Å². The number of nitrogens with one attached hydrogen (secondary N) is 1. The zero-order valence-corrected chi connectivity index (χ0v) is 11.3. The molecule has 1 atom stereocenters. The molecule has 1 aromatic carbocycles. The molecule has 3 nitrogen and oxygen atoms in total. The van der Waals surface area contributed by atoms with Crippen LogP contribution >= 0.6 is 23.2 Å². The highest BCUT2D eigenvalue weighted by Gasteiger charge is 2.26. The van der Waals surface area contributed by atoms with Crippen LogP contribution in [-0.2, 0) is 4.79 Å². The summed E-state index contributed by atoms with van der Waals surface area (Å²) in [6.45, 7) is 0. The minimum absolute atomic E-state index is 0.262. The van der Waals surface area contributed by atoms with Crippen LogP contribution in [0.25, 0.3) is 0 Å². The van der Waals surface area contributed by atoms with Crippen LogP contribution in [0.1, 0.15) is 37.3 Å². The molecule has 1 aliphatic rings. The predicted octanol–water partition coefficient (Wildman–Crippen LogP) is 3.65. The van der Waals surface area contributed by atoms with Crippen LogP contribution in [0.5, 0.6) is 0 Å². The average Bonchev–Trinajstić information content (AvgIpc) is 2.79. The number of carbonyl (C=O) groups is 1. The van der Waals surface area contributed by atoms with E-state index in [1.807, 2.05) is 0 Å². The van der Waals surface area contributed by atoms with Crippen LogP contribution in [0.2, 0.25) is 10.0 Å². The number of carboxylic acids is 1. The quantitative estimate of drug-likeness (QED) is 0.889. The molecule has 0 aliphatic heterocycles. The Bertz CT molecular complexity index is 445. The van der Waals surface area contributed by atoms with Crippen molar-refractivity contribution in [3.8, 4) is 0 Å². The van der Waals surface area contributed by atoms with E-state index in [9.17, 15) is 9.90 Å². The summed E-state index contributed by atoms with van der Waals surface area (Å²) in [4.78, 5) is 11.4. The summed E-state index contributed by atoms with van der Waals surface area (Å²) in [5.41, 5.74) is 0.570. The average molecular weight is 288 g/mol. The number of hydrogen-bond acceptors (Lipinski definition) is 2. The van der Waals surface area contributed by atoms with Gasteiger partial charge in [0.15, 0.2) is 0 Å². The largest absolute Gasteiger partial charge is 0.480 e. The van der Waals surface area contributed by atoms with Crippen molar-refractivity contribution in [2.24, 2.45) is 0 Å². The Morgan fingerprint density at radius 1 is 1.33 bits per heavy atom. The highest BCUT2D eigenvalue weighted by atomic mass is 35.5. The number of halogens is 2. The minimum atomic E-state index is -0.911. The van der Waals surface area contributed by atoms with Crippen LogP contribution in [-0.4, -0.2) is 17.1 Å². The van der Waals surface area contributed by atoms with Crippen molar-refractivity contribution in [2.75, 3.05) is 0 Å². The molecular formula is C13H15Cl2NO2. The van der Waals surface area contributed by atoms with Gasteiger partial charge in [-0.25, -0.2) is 0 Å². The van der Waals surface area contributed by atoms with E-state index in [4.69, 9.17) is 23.2 Å². The van der Waals surface area contributed by atoms with Gasteiger partial charge in [0.05, 0.1) is 0 Å². The highest BCUT2D eigenvalue weighted by Crippen LogP contribution is 2.28. The molecule has 0 radical (unpaired) electrons. The first-order valence-electron chi connectivity index (χ1n) is 6.01. The van der Waals surface area contributed by atoms with Gasteiger partial charge < -0.3 is 5.11 Å². The van der Waals surface area contributed by atoms with E-state index in [0.717, 1.165) is 25.7 Å². The smallest absolute Gasteiger partial charge is 0.325 e. The molecule has 0 spiro atoms. The fourth-order valence-corrected chi connectivity index (χ4v) is 2.88. The summed E-state index contributed by atoms with van der Waals surface area (Å²) in [6.07, 6.45) is 4.35. The Morgan fingerprint density at radius 2 is 2.00 bits per heavy atom. The molecule has 1 unspecified atom stereocenters. The molecule has 0 bridgehead atoms. The van der Waals surface area contributed by atoms with Gasteiger partial charge in [-0.1, -0.05) is 42.1 Å². The Morgan fingerprint density at radius 3 is 2.56 bits per heavy atom. The van der Waals surface area contributed by atoms with E-state index in [1.54, 1.807) is 18.2 Å². The van der Waals surface area contributed by atoms with Gasteiger partial charge in [-0.3, -0.25) is 10.1 Å². The number of benzene rings is 1. The third kappa shape index (κ3) is 3.16. The standard InChI is InChI=1S/C13H15Cl2NO2/c14-8-5-6-10(11(15)7-8)12(13(17)18)16-9-3-1-2-4-9/h5-7,9,12,16H,1-4H2,(H,17,18). The Balaban J connectivity index is 2.20. The predicted molar refractivity (Wildman–Crippen MR) is 72.2 cm³/mol. The number of aliphatic carboxylic acids is 1. The zero-order valence-electron chi connectivity index (χ0n) is 9.83. The van der Waals surface area contributed by atoms with E-state index in [2.05, 4.69) is 5.32 Å². The van der Waals surface area contributed by atoms with Crippen LogP contribution < -0.4 is 5.32 Å². The van der Waals surface area contributed by atoms with Gasteiger partial charge in [-0.05, 0) is 30.5 Å². The second kappa shape index (κ2) is 5.91. The van der Waals surface area contributed by atoms with Crippen LogP contribution in [0, 0.1) is 0 Å². The molecule has 0 heterocycles. The molecule has 1 saturated carbocycles. The van der Waals surface area contributed by atoms with Crippen molar-refractivity contribution in [3.63, 3.8) is 0 Å². The first-order chi connectivity index (χ1) is 8.58. The fraction of sp³-hybridized carbons (Fsp3) is 0.462. The van der Waals surface area contributed by atoms with E-state index in [0.29, 0.717) is 15.6 Å². The van der Waals surface area contributed by atoms with Crippen molar-refractivity contribution in [1.29, 1.82) is 0 Å². The molecule has 0 amide bonds. The van der Waals surface area contributed by atoms with Gasteiger partial charge in [0.2, 0.25) is 0 Å². The summed E-state index contributed by atoms with van der Waals surface area (Å²) < 4.78 is 0. The van der Waals surface area contributed by atoms with Gasteiger partial charge in [0, 0.05) is 16.1 Å². The van der Waals surface area contributed by atoms with Gasteiger partial charge in [0.25, 0.3) is 0 Å².